The average molecular weight is 339 g/mol. The second-order valence-corrected chi connectivity index (χ2v) is 7.85. The Hall–Kier alpha value is -1.70. The Bertz CT molecular complexity index is 721. The van der Waals surface area contributed by atoms with Crippen molar-refractivity contribution in [2.45, 2.75) is 25.1 Å². The summed E-state index contributed by atoms with van der Waals surface area (Å²) in [6, 6.07) is 9.57. The van der Waals surface area contributed by atoms with E-state index in [4.69, 9.17) is 5.11 Å². The first-order valence-electron chi connectivity index (χ1n) is 6.70. The van der Waals surface area contributed by atoms with E-state index in [1.807, 2.05) is 24.4 Å². The largest absolute Gasteiger partial charge is 0.478 e. The fraction of sp³-hybridized carbons (Fsp3) is 0.267. The molecule has 0 aliphatic rings. The number of sulfonamides is 1. The van der Waals surface area contributed by atoms with Crippen LogP contribution in [-0.2, 0) is 22.2 Å². The van der Waals surface area contributed by atoms with Crippen LogP contribution in [0.25, 0.3) is 0 Å². The molecule has 22 heavy (non-hydrogen) atoms. The van der Waals surface area contributed by atoms with Gasteiger partial charge in [-0.3, -0.25) is 0 Å². The second kappa shape index (κ2) is 7.04. The third kappa shape index (κ3) is 4.94. The molecule has 0 bridgehead atoms. The van der Waals surface area contributed by atoms with Gasteiger partial charge in [-0.15, -0.1) is 11.3 Å². The van der Waals surface area contributed by atoms with Gasteiger partial charge >= 0.3 is 5.97 Å². The molecular weight excluding hydrogens is 322 g/mol. The van der Waals surface area contributed by atoms with Gasteiger partial charge in [-0.25, -0.2) is 17.9 Å². The zero-order valence-electron chi connectivity index (χ0n) is 12.0. The number of aromatic carboxylic acids is 1. The molecule has 0 aliphatic heterocycles. The summed E-state index contributed by atoms with van der Waals surface area (Å²) in [6.45, 7) is 1.82. The first-order valence-corrected chi connectivity index (χ1v) is 9.23. The third-order valence-electron chi connectivity index (χ3n) is 3.03. The fourth-order valence-electron chi connectivity index (χ4n) is 2.08. The van der Waals surface area contributed by atoms with Crippen LogP contribution in [0.2, 0.25) is 0 Å². The number of carboxylic acids is 1. The molecule has 0 amide bonds. The normalized spacial score (nSPS) is 13.0. The van der Waals surface area contributed by atoms with Crippen LogP contribution in [0.3, 0.4) is 0 Å². The molecule has 118 valence electrons. The van der Waals surface area contributed by atoms with Crippen LogP contribution in [0.4, 0.5) is 0 Å². The van der Waals surface area contributed by atoms with E-state index in [2.05, 4.69) is 4.72 Å². The summed E-state index contributed by atoms with van der Waals surface area (Å²) in [4.78, 5) is 11.9. The maximum Gasteiger partial charge on any atom is 0.335 e. The van der Waals surface area contributed by atoms with E-state index in [1.165, 1.54) is 24.3 Å². The summed E-state index contributed by atoms with van der Waals surface area (Å²) in [5.41, 5.74) is 0.695. The molecule has 1 aromatic heterocycles. The maximum atomic E-state index is 12.1. The number of carboxylic acid groups (broad SMARTS) is 1. The van der Waals surface area contributed by atoms with Crippen molar-refractivity contribution in [2.75, 3.05) is 0 Å². The molecule has 0 fully saturated rings. The Balaban J connectivity index is 1.96. The number of carbonyl (C=O) groups is 1. The van der Waals surface area contributed by atoms with E-state index in [-0.39, 0.29) is 17.4 Å². The molecule has 0 saturated heterocycles. The molecule has 0 aliphatic carbocycles. The van der Waals surface area contributed by atoms with Crippen molar-refractivity contribution >= 4 is 27.3 Å². The lowest BCUT2D eigenvalue weighted by atomic mass is 10.1. The van der Waals surface area contributed by atoms with Crippen molar-refractivity contribution in [1.29, 1.82) is 0 Å². The minimum atomic E-state index is -3.46. The molecule has 1 unspecified atom stereocenters. The molecule has 2 rings (SSSR count). The molecule has 5 nitrogen and oxygen atoms in total. The minimum Gasteiger partial charge on any atom is -0.478 e. The van der Waals surface area contributed by atoms with Crippen molar-refractivity contribution < 1.29 is 18.3 Å². The zero-order valence-corrected chi connectivity index (χ0v) is 13.7. The highest BCUT2D eigenvalue weighted by Crippen LogP contribution is 2.13. The van der Waals surface area contributed by atoms with Crippen LogP contribution in [-0.4, -0.2) is 25.5 Å². The predicted octanol–water partition coefficient (Wildman–Crippen LogP) is 2.50. The standard InChI is InChI=1S/C15H17NO4S2/c1-11(9-14-3-2-8-21-14)16-22(19,20)10-12-4-6-13(7-5-12)15(17)18/h2-8,11,16H,9-10H2,1H3,(H,17,18). The van der Waals surface area contributed by atoms with Gasteiger partial charge in [0.05, 0.1) is 11.3 Å². The van der Waals surface area contributed by atoms with Gasteiger partial charge in [0.1, 0.15) is 0 Å². The van der Waals surface area contributed by atoms with Crippen LogP contribution >= 0.6 is 11.3 Å². The lowest BCUT2D eigenvalue weighted by Gasteiger charge is -2.13. The highest BCUT2D eigenvalue weighted by atomic mass is 32.2. The molecule has 2 aromatic rings. The van der Waals surface area contributed by atoms with Crippen LogP contribution in [0.15, 0.2) is 41.8 Å². The monoisotopic (exact) mass is 339 g/mol. The van der Waals surface area contributed by atoms with Crippen LogP contribution in [0.1, 0.15) is 27.7 Å². The molecule has 1 atom stereocenters. The Labute approximate surface area is 133 Å². The summed E-state index contributed by atoms with van der Waals surface area (Å²) < 4.78 is 26.9. The highest BCUT2D eigenvalue weighted by molar-refractivity contribution is 7.88. The molecule has 0 radical (unpaired) electrons. The number of rotatable bonds is 7. The Morgan fingerprint density at radius 1 is 1.27 bits per heavy atom. The molecule has 0 saturated carbocycles. The number of thiophene rings is 1. The molecule has 2 N–H and O–H groups in total. The summed E-state index contributed by atoms with van der Waals surface area (Å²) in [5.74, 6) is -1.20. The van der Waals surface area contributed by atoms with Gasteiger partial charge in [0.25, 0.3) is 0 Å². The van der Waals surface area contributed by atoms with Crippen LogP contribution in [0.5, 0.6) is 0 Å². The molecule has 7 heteroatoms. The van der Waals surface area contributed by atoms with E-state index >= 15 is 0 Å². The van der Waals surface area contributed by atoms with Gasteiger partial charge in [0.15, 0.2) is 0 Å². The average Bonchev–Trinajstić information content (AvgIpc) is 2.90. The lowest BCUT2D eigenvalue weighted by Crippen LogP contribution is -2.34. The third-order valence-corrected chi connectivity index (χ3v) is 5.40. The first-order chi connectivity index (χ1) is 10.4. The van der Waals surface area contributed by atoms with Crippen LogP contribution < -0.4 is 4.72 Å². The second-order valence-electron chi connectivity index (χ2n) is 5.06. The zero-order chi connectivity index (χ0) is 16.2. The van der Waals surface area contributed by atoms with Gasteiger partial charge in [0, 0.05) is 10.9 Å². The van der Waals surface area contributed by atoms with Gasteiger partial charge in [-0.2, -0.15) is 0 Å². The number of nitrogens with one attached hydrogen (secondary N) is 1. The van der Waals surface area contributed by atoms with Gasteiger partial charge in [-0.05, 0) is 42.5 Å². The Morgan fingerprint density at radius 2 is 1.95 bits per heavy atom. The summed E-state index contributed by atoms with van der Waals surface area (Å²) in [6.07, 6.45) is 0.648. The topological polar surface area (TPSA) is 83.5 Å². The predicted molar refractivity (Wildman–Crippen MR) is 86.6 cm³/mol. The first kappa shape index (κ1) is 16.7. The summed E-state index contributed by atoms with van der Waals surface area (Å²) in [7, 11) is -3.46. The summed E-state index contributed by atoms with van der Waals surface area (Å²) in [5, 5.41) is 10.8. The maximum absolute atomic E-state index is 12.1. The van der Waals surface area contributed by atoms with Crippen molar-refractivity contribution in [3.05, 3.63) is 57.8 Å². The number of hydrogen-bond acceptors (Lipinski definition) is 4. The fourth-order valence-corrected chi connectivity index (χ4v) is 4.33. The smallest absolute Gasteiger partial charge is 0.335 e. The Kier molecular flexibility index (Phi) is 5.33. The molecule has 1 heterocycles. The van der Waals surface area contributed by atoms with E-state index in [0.717, 1.165) is 4.88 Å². The van der Waals surface area contributed by atoms with E-state index in [0.29, 0.717) is 12.0 Å². The molecule has 0 spiro atoms. The van der Waals surface area contributed by atoms with Gasteiger partial charge < -0.3 is 5.11 Å². The van der Waals surface area contributed by atoms with Crippen molar-refractivity contribution in [2.24, 2.45) is 0 Å². The SMILES string of the molecule is CC(Cc1cccs1)NS(=O)(=O)Cc1ccc(C(=O)O)cc1. The Morgan fingerprint density at radius 3 is 2.50 bits per heavy atom. The lowest BCUT2D eigenvalue weighted by molar-refractivity contribution is 0.0697. The molecule has 1 aromatic carbocycles. The van der Waals surface area contributed by atoms with E-state index < -0.39 is 16.0 Å². The van der Waals surface area contributed by atoms with Gasteiger partial charge in [0.2, 0.25) is 10.0 Å². The highest BCUT2D eigenvalue weighted by Gasteiger charge is 2.16. The number of benzene rings is 1. The summed E-state index contributed by atoms with van der Waals surface area (Å²) >= 11 is 1.60. The van der Waals surface area contributed by atoms with Crippen molar-refractivity contribution in [3.63, 3.8) is 0 Å². The van der Waals surface area contributed by atoms with Gasteiger partial charge in [-0.1, -0.05) is 18.2 Å². The van der Waals surface area contributed by atoms with E-state index in [1.54, 1.807) is 11.3 Å². The number of hydrogen-bond donors (Lipinski definition) is 2. The quantitative estimate of drug-likeness (QED) is 0.812. The van der Waals surface area contributed by atoms with Crippen LogP contribution in [0, 0.1) is 0 Å². The van der Waals surface area contributed by atoms with Crippen molar-refractivity contribution in [3.8, 4) is 0 Å². The van der Waals surface area contributed by atoms with E-state index in [9.17, 15) is 13.2 Å². The minimum absolute atomic E-state index is 0.139. The molecular formula is C15H17NO4S2. The van der Waals surface area contributed by atoms with Crippen molar-refractivity contribution in [1.82, 2.24) is 4.72 Å².